The second kappa shape index (κ2) is 3.38. The Hall–Kier alpha value is -1.65. The molecule has 4 nitrogen and oxygen atoms in total. The third-order valence-electron chi connectivity index (χ3n) is 1.60. The molecular weight excluding hydrogens is 175 g/mol. The van der Waals surface area contributed by atoms with Crippen LogP contribution in [0.4, 0.5) is 4.39 Å². The van der Waals surface area contributed by atoms with Crippen molar-refractivity contribution in [3.05, 3.63) is 29.9 Å². The Bertz CT molecular complexity index is 357. The van der Waals surface area contributed by atoms with Gasteiger partial charge in [0.2, 0.25) is 5.95 Å². The van der Waals surface area contributed by atoms with E-state index >= 15 is 0 Å². The maximum absolute atomic E-state index is 13.1. The molecule has 0 aliphatic carbocycles. The minimum Gasteiger partial charge on any atom is -0.477 e. The maximum Gasteiger partial charge on any atom is 0.342 e. The average molecular weight is 184 g/mol. The van der Waals surface area contributed by atoms with Crippen LogP contribution in [0.25, 0.3) is 0 Å². The minimum atomic E-state index is -1.30. The lowest BCUT2D eigenvalue weighted by Gasteiger charge is -1.91. The molecule has 0 saturated carbocycles. The fraction of sp³-hybridized carbons (Fsp3) is 0.250. The lowest BCUT2D eigenvalue weighted by atomic mass is 10.2. The molecule has 0 amide bonds. The number of halogens is 1. The molecule has 0 fully saturated rings. The molecule has 1 aromatic heterocycles. The number of carboxylic acid groups (broad SMARTS) is 1. The van der Waals surface area contributed by atoms with Crippen LogP contribution in [0.3, 0.4) is 0 Å². The van der Waals surface area contributed by atoms with Crippen LogP contribution >= 0.6 is 0 Å². The van der Waals surface area contributed by atoms with Crippen LogP contribution in [-0.4, -0.2) is 20.9 Å². The molecule has 1 rings (SSSR count). The fourth-order valence-electron chi connectivity index (χ4n) is 1.05. The van der Waals surface area contributed by atoms with Gasteiger partial charge in [0, 0.05) is 13.5 Å². The average Bonchev–Trinajstić information content (AvgIpc) is 2.28. The van der Waals surface area contributed by atoms with Crippen molar-refractivity contribution < 1.29 is 14.3 Å². The topological polar surface area (TPSA) is 55.1 Å². The van der Waals surface area contributed by atoms with Gasteiger partial charge in [0.25, 0.3) is 0 Å². The fourth-order valence-corrected chi connectivity index (χ4v) is 1.05. The number of aryl methyl sites for hydroxylation is 1. The number of rotatable bonds is 3. The van der Waals surface area contributed by atoms with Crippen molar-refractivity contribution in [3.8, 4) is 0 Å². The summed E-state index contributed by atoms with van der Waals surface area (Å²) in [6.45, 7) is 3.43. The first kappa shape index (κ1) is 9.44. The Morgan fingerprint density at radius 1 is 1.85 bits per heavy atom. The summed E-state index contributed by atoms with van der Waals surface area (Å²) in [4.78, 5) is 10.6. The highest BCUT2D eigenvalue weighted by molar-refractivity contribution is 5.89. The number of hydrogen-bond donors (Lipinski definition) is 1. The van der Waals surface area contributed by atoms with E-state index in [4.69, 9.17) is 5.11 Å². The third-order valence-corrected chi connectivity index (χ3v) is 1.60. The van der Waals surface area contributed by atoms with Gasteiger partial charge in [-0.05, 0) is 0 Å². The number of carboxylic acids is 1. The quantitative estimate of drug-likeness (QED) is 0.712. The number of nitrogens with zero attached hydrogens (tertiary/aromatic N) is 2. The van der Waals surface area contributed by atoms with Gasteiger partial charge in [-0.15, -0.1) is 6.58 Å². The largest absolute Gasteiger partial charge is 0.477 e. The van der Waals surface area contributed by atoms with Gasteiger partial charge in [0.05, 0.1) is 5.69 Å². The van der Waals surface area contributed by atoms with Crippen LogP contribution < -0.4 is 0 Å². The first-order valence-corrected chi connectivity index (χ1v) is 3.63. The summed E-state index contributed by atoms with van der Waals surface area (Å²) in [6, 6.07) is 0. The molecule has 0 aliphatic heterocycles. The van der Waals surface area contributed by atoms with Crippen LogP contribution in [0.2, 0.25) is 0 Å². The van der Waals surface area contributed by atoms with Crippen molar-refractivity contribution in [2.45, 2.75) is 6.42 Å². The molecule has 0 aromatic carbocycles. The van der Waals surface area contributed by atoms with E-state index < -0.39 is 11.9 Å². The highest BCUT2D eigenvalue weighted by Gasteiger charge is 2.20. The van der Waals surface area contributed by atoms with Gasteiger partial charge in [-0.1, -0.05) is 6.08 Å². The van der Waals surface area contributed by atoms with Gasteiger partial charge in [-0.2, -0.15) is 9.49 Å². The predicted octanol–water partition coefficient (Wildman–Crippen LogP) is 0.986. The van der Waals surface area contributed by atoms with Gasteiger partial charge in [-0.3, -0.25) is 0 Å². The summed E-state index contributed by atoms with van der Waals surface area (Å²) < 4.78 is 14.0. The highest BCUT2D eigenvalue weighted by Crippen LogP contribution is 2.12. The molecule has 0 aliphatic rings. The molecule has 0 bridgehead atoms. The molecule has 1 N–H and O–H groups in total. The molecule has 0 radical (unpaired) electrons. The van der Waals surface area contributed by atoms with Crippen molar-refractivity contribution in [2.24, 2.45) is 7.05 Å². The number of aromatic carboxylic acids is 1. The molecule has 0 spiro atoms. The monoisotopic (exact) mass is 184 g/mol. The molecule has 0 atom stereocenters. The summed E-state index contributed by atoms with van der Waals surface area (Å²) in [6.07, 6.45) is 1.73. The smallest absolute Gasteiger partial charge is 0.342 e. The van der Waals surface area contributed by atoms with Gasteiger partial charge < -0.3 is 5.11 Å². The SMILES string of the molecule is C=CCc1nn(C)c(F)c1C(=O)O. The van der Waals surface area contributed by atoms with Crippen molar-refractivity contribution in [1.82, 2.24) is 9.78 Å². The first-order chi connectivity index (χ1) is 6.07. The van der Waals surface area contributed by atoms with Gasteiger partial charge in [-0.25, -0.2) is 9.48 Å². The van der Waals surface area contributed by atoms with E-state index in [1.807, 2.05) is 0 Å². The Balaban J connectivity index is 3.26. The van der Waals surface area contributed by atoms with Crippen molar-refractivity contribution in [1.29, 1.82) is 0 Å². The molecular formula is C8H9FN2O2. The summed E-state index contributed by atoms with van der Waals surface area (Å²) in [5.41, 5.74) is -0.176. The Morgan fingerprint density at radius 3 is 2.92 bits per heavy atom. The number of aromatic nitrogens is 2. The van der Waals surface area contributed by atoms with E-state index in [1.54, 1.807) is 0 Å². The zero-order valence-electron chi connectivity index (χ0n) is 7.12. The standard InChI is InChI=1S/C8H9FN2O2/c1-3-4-5-6(8(12)13)7(9)11(2)10-5/h3H,1,4H2,2H3,(H,12,13). The van der Waals surface area contributed by atoms with Gasteiger partial charge in [0.1, 0.15) is 5.56 Å². The highest BCUT2D eigenvalue weighted by atomic mass is 19.1. The summed E-state index contributed by atoms with van der Waals surface area (Å²) in [5.74, 6) is -2.13. The summed E-state index contributed by atoms with van der Waals surface area (Å²) in [7, 11) is 1.36. The molecule has 1 aromatic rings. The molecule has 5 heteroatoms. The van der Waals surface area contributed by atoms with Crippen LogP contribution in [0.5, 0.6) is 0 Å². The second-order valence-electron chi connectivity index (χ2n) is 2.53. The third kappa shape index (κ3) is 1.58. The van der Waals surface area contributed by atoms with Crippen molar-refractivity contribution in [2.75, 3.05) is 0 Å². The molecule has 70 valence electrons. The van der Waals surface area contributed by atoms with Crippen LogP contribution in [-0.2, 0) is 13.5 Å². The predicted molar refractivity (Wildman–Crippen MR) is 44.0 cm³/mol. The minimum absolute atomic E-state index is 0.197. The van der Waals surface area contributed by atoms with E-state index in [2.05, 4.69) is 11.7 Å². The van der Waals surface area contributed by atoms with Crippen molar-refractivity contribution in [3.63, 3.8) is 0 Å². The van der Waals surface area contributed by atoms with E-state index in [0.717, 1.165) is 4.68 Å². The molecule has 1 heterocycles. The normalized spacial score (nSPS) is 10.0. The van der Waals surface area contributed by atoms with Gasteiger partial charge in [0.15, 0.2) is 0 Å². The molecule has 0 unspecified atom stereocenters. The second-order valence-corrected chi connectivity index (χ2v) is 2.53. The lowest BCUT2D eigenvalue weighted by molar-refractivity contribution is 0.0690. The first-order valence-electron chi connectivity index (χ1n) is 3.63. The van der Waals surface area contributed by atoms with Crippen LogP contribution in [0.15, 0.2) is 12.7 Å². The van der Waals surface area contributed by atoms with Crippen molar-refractivity contribution >= 4 is 5.97 Å². The zero-order chi connectivity index (χ0) is 10.0. The zero-order valence-corrected chi connectivity index (χ0v) is 7.12. The van der Waals surface area contributed by atoms with Crippen LogP contribution in [0.1, 0.15) is 16.1 Å². The number of allylic oxidation sites excluding steroid dienone is 1. The van der Waals surface area contributed by atoms with E-state index in [1.165, 1.54) is 13.1 Å². The summed E-state index contributed by atoms with van der Waals surface area (Å²) >= 11 is 0. The molecule has 13 heavy (non-hydrogen) atoms. The summed E-state index contributed by atoms with van der Waals surface area (Å²) in [5, 5.41) is 12.4. The van der Waals surface area contributed by atoms with E-state index in [9.17, 15) is 9.18 Å². The van der Waals surface area contributed by atoms with E-state index in [-0.39, 0.29) is 17.7 Å². The van der Waals surface area contributed by atoms with Crippen LogP contribution in [0, 0.1) is 5.95 Å². The lowest BCUT2D eigenvalue weighted by Crippen LogP contribution is -2.02. The maximum atomic E-state index is 13.1. The Morgan fingerprint density at radius 2 is 2.46 bits per heavy atom. The van der Waals surface area contributed by atoms with E-state index in [0.29, 0.717) is 0 Å². The molecule has 0 saturated heterocycles. The Labute approximate surface area is 74.3 Å². The Kier molecular flexibility index (Phi) is 2.46. The van der Waals surface area contributed by atoms with Gasteiger partial charge >= 0.3 is 5.97 Å². The number of carbonyl (C=O) groups is 1. The number of hydrogen-bond acceptors (Lipinski definition) is 2.